The molecule has 0 aliphatic carbocycles. The van der Waals surface area contributed by atoms with E-state index in [2.05, 4.69) is 0 Å². The molecule has 23 heavy (non-hydrogen) atoms. The van der Waals surface area contributed by atoms with Gasteiger partial charge in [0.1, 0.15) is 12.4 Å². The fourth-order valence-corrected chi connectivity index (χ4v) is 1.55. The van der Waals surface area contributed by atoms with Crippen LogP contribution in [0.2, 0.25) is 0 Å². The summed E-state index contributed by atoms with van der Waals surface area (Å²) in [7, 11) is 0. The van der Waals surface area contributed by atoms with Crippen LogP contribution < -0.4 is 27.7 Å². The van der Waals surface area contributed by atoms with E-state index >= 15 is 0 Å². The Kier molecular flexibility index (Phi) is 11.7. The first-order valence-corrected chi connectivity index (χ1v) is 6.44. The fraction of sp³-hybridized carbons (Fsp3) is 0.200. The normalized spacial score (nSPS) is 8.78. The lowest BCUT2D eigenvalue weighted by molar-refractivity contribution is 0.202. The second-order valence-corrected chi connectivity index (χ2v) is 4.49. The van der Waals surface area contributed by atoms with Gasteiger partial charge in [-0.3, -0.25) is 0 Å². The molecule has 2 aromatic carbocycles. The lowest BCUT2D eigenvalue weighted by Crippen LogP contribution is -2.04. The molecule has 0 saturated heterocycles. The number of aliphatic hydroxyl groups excluding tert-OH is 1. The minimum Gasteiger partial charge on any atom is -0.489 e. The zero-order valence-corrected chi connectivity index (χ0v) is 14.5. The molecule has 2 aromatic rings. The van der Waals surface area contributed by atoms with Crippen molar-refractivity contribution in [3.8, 4) is 5.75 Å². The van der Waals surface area contributed by atoms with Gasteiger partial charge in [-0.2, -0.15) is 0 Å². The first kappa shape index (κ1) is 23.2. The summed E-state index contributed by atoms with van der Waals surface area (Å²) in [5.74, 6) is 0.554. The zero-order valence-electron chi connectivity index (χ0n) is 12.9. The summed E-state index contributed by atoms with van der Waals surface area (Å²) in [5, 5.41) is 8.48. The highest BCUT2D eigenvalue weighted by Gasteiger charge is 1.98. The van der Waals surface area contributed by atoms with Crippen LogP contribution in [0.15, 0.2) is 36.4 Å². The van der Waals surface area contributed by atoms with E-state index in [1.807, 2.05) is 19.1 Å². The van der Waals surface area contributed by atoms with Crippen LogP contribution >= 0.6 is 24.8 Å². The number of rotatable bonds is 3. The number of halogens is 2. The van der Waals surface area contributed by atoms with Crippen LogP contribution in [-0.2, 0) is 0 Å². The van der Waals surface area contributed by atoms with Gasteiger partial charge in [-0.25, -0.2) is 0 Å². The van der Waals surface area contributed by atoms with Gasteiger partial charge in [-0.1, -0.05) is 0 Å². The molecule has 0 aliphatic heterocycles. The van der Waals surface area contributed by atoms with E-state index < -0.39 is 0 Å². The highest BCUT2D eigenvalue weighted by atomic mass is 35.5. The van der Waals surface area contributed by atoms with Gasteiger partial charge in [-0.05, 0) is 48.9 Å². The quantitative estimate of drug-likeness (QED) is 0.531. The van der Waals surface area contributed by atoms with Crippen molar-refractivity contribution in [2.24, 2.45) is 0 Å². The van der Waals surface area contributed by atoms with E-state index in [0.717, 1.165) is 16.9 Å². The third-order valence-corrected chi connectivity index (χ3v) is 2.68. The van der Waals surface area contributed by atoms with Gasteiger partial charge >= 0.3 is 0 Å². The summed E-state index contributed by atoms with van der Waals surface area (Å²) >= 11 is 0. The van der Waals surface area contributed by atoms with Crippen LogP contribution in [0.25, 0.3) is 0 Å². The molecular formula is C15H24Cl2N4O2. The molecule has 0 radical (unpaired) electrons. The molecule has 8 heteroatoms. The molecule has 0 spiro atoms. The molecule has 2 rings (SSSR count). The molecule has 0 bridgehead atoms. The summed E-state index contributed by atoms with van der Waals surface area (Å²) in [4.78, 5) is 0. The summed E-state index contributed by atoms with van der Waals surface area (Å²) < 4.78 is 5.11. The third kappa shape index (κ3) is 8.25. The molecule has 9 N–H and O–H groups in total. The Balaban J connectivity index is 0. The van der Waals surface area contributed by atoms with Gasteiger partial charge in [0.25, 0.3) is 0 Å². The fourth-order valence-electron chi connectivity index (χ4n) is 1.55. The van der Waals surface area contributed by atoms with Crippen LogP contribution in [0.1, 0.15) is 5.56 Å². The number of benzene rings is 2. The molecule has 0 heterocycles. The number of anilines is 4. The van der Waals surface area contributed by atoms with Gasteiger partial charge in [-0.15, -0.1) is 24.8 Å². The monoisotopic (exact) mass is 362 g/mol. The molecule has 0 fully saturated rings. The van der Waals surface area contributed by atoms with Gasteiger partial charge in [0, 0.05) is 17.1 Å². The van der Waals surface area contributed by atoms with Crippen molar-refractivity contribution < 1.29 is 9.84 Å². The second kappa shape index (κ2) is 11.5. The zero-order chi connectivity index (χ0) is 15.8. The lowest BCUT2D eigenvalue weighted by Gasteiger charge is -2.07. The van der Waals surface area contributed by atoms with Crippen molar-refractivity contribution in [3.05, 3.63) is 42.0 Å². The topological polar surface area (TPSA) is 134 Å². The summed E-state index contributed by atoms with van der Waals surface area (Å²) in [6.45, 7) is 2.16. The molecule has 130 valence electrons. The van der Waals surface area contributed by atoms with Crippen LogP contribution in [0.3, 0.4) is 0 Å². The number of aryl methyl sites for hydroxylation is 1. The number of nitrogen functional groups attached to an aromatic ring is 4. The van der Waals surface area contributed by atoms with E-state index in [1.54, 1.807) is 24.3 Å². The Labute approximate surface area is 148 Å². The molecule has 6 nitrogen and oxygen atoms in total. The molecule has 0 aliphatic rings. The highest BCUT2D eigenvalue weighted by Crippen LogP contribution is 2.23. The van der Waals surface area contributed by atoms with Crippen molar-refractivity contribution in [1.29, 1.82) is 0 Å². The first-order valence-electron chi connectivity index (χ1n) is 6.44. The Bertz CT molecular complexity index is 598. The van der Waals surface area contributed by atoms with Gasteiger partial charge < -0.3 is 32.8 Å². The molecule has 0 saturated carbocycles. The Morgan fingerprint density at radius 1 is 0.870 bits per heavy atom. The van der Waals surface area contributed by atoms with E-state index in [1.165, 1.54) is 0 Å². The molecular weight excluding hydrogens is 339 g/mol. The number of hydrogen-bond acceptors (Lipinski definition) is 6. The van der Waals surface area contributed by atoms with Crippen molar-refractivity contribution in [3.63, 3.8) is 0 Å². The van der Waals surface area contributed by atoms with Crippen molar-refractivity contribution in [2.75, 3.05) is 36.1 Å². The molecule has 0 atom stereocenters. The van der Waals surface area contributed by atoms with Crippen molar-refractivity contribution in [1.82, 2.24) is 0 Å². The van der Waals surface area contributed by atoms with E-state index in [-0.39, 0.29) is 38.0 Å². The maximum atomic E-state index is 8.48. The van der Waals surface area contributed by atoms with Crippen LogP contribution in [0.5, 0.6) is 5.75 Å². The predicted molar refractivity (Wildman–Crippen MR) is 102 cm³/mol. The minimum absolute atomic E-state index is 0. The highest BCUT2D eigenvalue weighted by molar-refractivity contribution is 5.85. The third-order valence-electron chi connectivity index (χ3n) is 2.68. The van der Waals surface area contributed by atoms with Crippen molar-refractivity contribution >= 4 is 47.6 Å². The minimum atomic E-state index is -0.0240. The summed E-state index contributed by atoms with van der Waals surface area (Å²) in [6, 6.07) is 10.5. The Morgan fingerprint density at radius 3 is 1.91 bits per heavy atom. The smallest absolute Gasteiger partial charge is 0.142 e. The number of hydrogen-bond donors (Lipinski definition) is 5. The Morgan fingerprint density at radius 2 is 1.43 bits per heavy atom. The van der Waals surface area contributed by atoms with Crippen LogP contribution in [0.4, 0.5) is 22.7 Å². The first-order chi connectivity index (χ1) is 9.93. The van der Waals surface area contributed by atoms with Gasteiger partial charge in [0.2, 0.25) is 0 Å². The van der Waals surface area contributed by atoms with Crippen LogP contribution in [0, 0.1) is 6.92 Å². The molecule has 0 unspecified atom stereocenters. The van der Waals surface area contributed by atoms with Crippen molar-refractivity contribution in [2.45, 2.75) is 6.92 Å². The number of nitrogens with two attached hydrogens (primary N) is 4. The lowest BCUT2D eigenvalue weighted by atomic mass is 10.2. The standard InChI is InChI=1S/C8H12N2O2.C7H10N2.2ClH/c9-6-1-2-8(7(10)5-6)12-4-3-11;1-5-4-6(8)2-3-7(5)9;;/h1-2,5,11H,3-4,9-10H2;2-4H,8-9H2,1H3;2*1H. The molecule has 0 aromatic heterocycles. The SMILES string of the molecule is Cc1cc(N)ccc1N.Cl.Cl.Nc1ccc(OCCO)c(N)c1. The number of ether oxygens (including phenoxy) is 1. The maximum Gasteiger partial charge on any atom is 0.142 e. The number of aliphatic hydroxyl groups is 1. The predicted octanol–water partition coefficient (Wildman–Crippen LogP) is 2.23. The summed E-state index contributed by atoms with van der Waals surface area (Å²) in [6.07, 6.45) is 0. The largest absolute Gasteiger partial charge is 0.489 e. The van der Waals surface area contributed by atoms with E-state index in [9.17, 15) is 0 Å². The molecule has 0 amide bonds. The van der Waals surface area contributed by atoms with Crippen LogP contribution in [-0.4, -0.2) is 18.3 Å². The average Bonchev–Trinajstić information content (AvgIpc) is 2.43. The Hall–Kier alpha value is -2.02. The maximum absolute atomic E-state index is 8.48. The summed E-state index contributed by atoms with van der Waals surface area (Å²) in [5.41, 5.74) is 25.7. The second-order valence-electron chi connectivity index (χ2n) is 4.49. The van der Waals surface area contributed by atoms with E-state index in [4.69, 9.17) is 32.8 Å². The van der Waals surface area contributed by atoms with Gasteiger partial charge in [0.15, 0.2) is 0 Å². The van der Waals surface area contributed by atoms with Gasteiger partial charge in [0.05, 0.1) is 12.3 Å². The van der Waals surface area contributed by atoms with E-state index in [0.29, 0.717) is 17.1 Å². The average molecular weight is 363 g/mol.